The summed E-state index contributed by atoms with van der Waals surface area (Å²) in [4.78, 5) is 12.9. The Morgan fingerprint density at radius 3 is 2.40 bits per heavy atom. The summed E-state index contributed by atoms with van der Waals surface area (Å²) in [5.41, 5.74) is 0.883. The van der Waals surface area contributed by atoms with E-state index in [0.29, 0.717) is 11.7 Å². The lowest BCUT2D eigenvalue weighted by Gasteiger charge is -2.34. The van der Waals surface area contributed by atoms with Crippen molar-refractivity contribution < 1.29 is 5.11 Å². The van der Waals surface area contributed by atoms with Gasteiger partial charge in [-0.05, 0) is 49.8 Å². The van der Waals surface area contributed by atoms with Gasteiger partial charge in [-0.1, -0.05) is 6.92 Å². The third-order valence-corrected chi connectivity index (χ3v) is 4.17. The molecule has 0 aliphatic heterocycles. The summed E-state index contributed by atoms with van der Waals surface area (Å²) in [5, 5.41) is 10.7. The summed E-state index contributed by atoms with van der Waals surface area (Å²) in [5.74, 6) is 1.36. The minimum Gasteiger partial charge on any atom is -0.384 e. The van der Waals surface area contributed by atoms with Gasteiger partial charge in [0.05, 0.1) is 5.69 Å². The summed E-state index contributed by atoms with van der Waals surface area (Å²) in [6.07, 6.45) is 8.88. The standard InChI is InChI=1S/C16H19N3O/c1-12-5-7-16(20,8-6-12)14-4-3-13(11-19-14)15-17-9-2-10-18-15/h2-4,9-12,20H,5-8H2,1H3. The van der Waals surface area contributed by atoms with Crippen LogP contribution in [0.5, 0.6) is 0 Å². The smallest absolute Gasteiger partial charge is 0.160 e. The van der Waals surface area contributed by atoms with Crippen molar-refractivity contribution in [1.82, 2.24) is 15.0 Å². The Kier molecular flexibility index (Phi) is 3.49. The zero-order valence-corrected chi connectivity index (χ0v) is 11.7. The molecular formula is C16H19N3O. The molecule has 1 aliphatic rings. The van der Waals surface area contributed by atoms with Crippen molar-refractivity contribution >= 4 is 0 Å². The van der Waals surface area contributed by atoms with E-state index < -0.39 is 5.60 Å². The Bertz CT molecular complexity index is 560. The number of hydrogen-bond donors (Lipinski definition) is 1. The molecule has 0 saturated heterocycles. The molecule has 0 unspecified atom stereocenters. The summed E-state index contributed by atoms with van der Waals surface area (Å²) in [6.45, 7) is 2.24. The molecule has 3 rings (SSSR count). The summed E-state index contributed by atoms with van der Waals surface area (Å²) in [6, 6.07) is 5.63. The lowest BCUT2D eigenvalue weighted by molar-refractivity contribution is -0.0157. The zero-order chi connectivity index (χ0) is 14.0. The fraction of sp³-hybridized carbons (Fsp3) is 0.438. The van der Waals surface area contributed by atoms with E-state index in [2.05, 4.69) is 21.9 Å². The van der Waals surface area contributed by atoms with E-state index in [0.717, 1.165) is 36.9 Å². The molecule has 1 saturated carbocycles. The van der Waals surface area contributed by atoms with Gasteiger partial charge in [-0.3, -0.25) is 4.98 Å². The molecule has 0 atom stereocenters. The van der Waals surface area contributed by atoms with Crippen molar-refractivity contribution in [2.75, 3.05) is 0 Å². The first-order valence-electron chi connectivity index (χ1n) is 7.14. The average molecular weight is 269 g/mol. The molecule has 2 aromatic heterocycles. The van der Waals surface area contributed by atoms with Crippen molar-refractivity contribution in [3.05, 3.63) is 42.5 Å². The fourth-order valence-corrected chi connectivity index (χ4v) is 2.75. The normalized spacial score (nSPS) is 26.4. The second kappa shape index (κ2) is 5.29. The van der Waals surface area contributed by atoms with Gasteiger partial charge in [0.1, 0.15) is 5.60 Å². The predicted octanol–water partition coefficient (Wildman–Crippen LogP) is 2.94. The molecule has 2 heterocycles. The van der Waals surface area contributed by atoms with Crippen molar-refractivity contribution in [3.63, 3.8) is 0 Å². The third kappa shape index (κ3) is 2.56. The molecule has 4 nitrogen and oxygen atoms in total. The Labute approximate surface area is 118 Å². The second-order valence-corrected chi connectivity index (χ2v) is 5.72. The molecule has 2 aromatic rings. The van der Waals surface area contributed by atoms with Gasteiger partial charge >= 0.3 is 0 Å². The van der Waals surface area contributed by atoms with Crippen LogP contribution in [0.25, 0.3) is 11.4 Å². The van der Waals surface area contributed by atoms with Crippen LogP contribution in [0.1, 0.15) is 38.3 Å². The highest BCUT2D eigenvalue weighted by atomic mass is 16.3. The lowest BCUT2D eigenvalue weighted by Crippen LogP contribution is -2.31. The zero-order valence-electron chi connectivity index (χ0n) is 11.7. The van der Waals surface area contributed by atoms with Gasteiger partial charge in [-0.25, -0.2) is 9.97 Å². The van der Waals surface area contributed by atoms with Gasteiger partial charge in [-0.2, -0.15) is 0 Å². The number of pyridine rings is 1. The first-order chi connectivity index (χ1) is 9.67. The minimum atomic E-state index is -0.761. The Balaban J connectivity index is 1.83. The molecule has 1 N–H and O–H groups in total. The van der Waals surface area contributed by atoms with Crippen LogP contribution in [0.2, 0.25) is 0 Å². The molecule has 0 aromatic carbocycles. The molecule has 20 heavy (non-hydrogen) atoms. The highest BCUT2D eigenvalue weighted by Gasteiger charge is 2.34. The number of nitrogens with zero attached hydrogens (tertiary/aromatic N) is 3. The summed E-state index contributed by atoms with van der Waals surface area (Å²) >= 11 is 0. The predicted molar refractivity (Wildman–Crippen MR) is 76.8 cm³/mol. The van der Waals surface area contributed by atoms with Crippen LogP contribution in [-0.4, -0.2) is 20.1 Å². The maximum Gasteiger partial charge on any atom is 0.160 e. The number of rotatable bonds is 2. The molecular weight excluding hydrogens is 250 g/mol. The molecule has 0 amide bonds. The SMILES string of the molecule is CC1CCC(O)(c2ccc(-c3ncccn3)cn2)CC1. The fourth-order valence-electron chi connectivity index (χ4n) is 2.75. The van der Waals surface area contributed by atoms with E-state index in [4.69, 9.17) is 0 Å². The van der Waals surface area contributed by atoms with Crippen molar-refractivity contribution in [3.8, 4) is 11.4 Å². The highest BCUT2D eigenvalue weighted by molar-refractivity contribution is 5.52. The summed E-state index contributed by atoms with van der Waals surface area (Å²) < 4.78 is 0. The molecule has 0 radical (unpaired) electrons. The summed E-state index contributed by atoms with van der Waals surface area (Å²) in [7, 11) is 0. The van der Waals surface area contributed by atoms with E-state index >= 15 is 0 Å². The molecule has 104 valence electrons. The van der Waals surface area contributed by atoms with Crippen LogP contribution in [0.3, 0.4) is 0 Å². The molecule has 0 spiro atoms. The van der Waals surface area contributed by atoms with E-state index in [1.807, 2.05) is 12.1 Å². The first-order valence-corrected chi connectivity index (χ1v) is 7.14. The highest BCUT2D eigenvalue weighted by Crippen LogP contribution is 2.38. The molecule has 1 fully saturated rings. The van der Waals surface area contributed by atoms with E-state index in [1.165, 1.54) is 0 Å². The quantitative estimate of drug-likeness (QED) is 0.910. The average Bonchev–Trinajstić information content (AvgIpc) is 2.52. The third-order valence-electron chi connectivity index (χ3n) is 4.17. The maximum atomic E-state index is 10.7. The van der Waals surface area contributed by atoms with Crippen LogP contribution >= 0.6 is 0 Å². The second-order valence-electron chi connectivity index (χ2n) is 5.72. The van der Waals surface area contributed by atoms with Gasteiger partial charge < -0.3 is 5.11 Å². The van der Waals surface area contributed by atoms with Crippen LogP contribution < -0.4 is 0 Å². The lowest BCUT2D eigenvalue weighted by atomic mass is 9.77. The molecule has 4 heteroatoms. The van der Waals surface area contributed by atoms with Crippen LogP contribution in [0.15, 0.2) is 36.8 Å². The van der Waals surface area contributed by atoms with Crippen molar-refractivity contribution in [2.24, 2.45) is 5.92 Å². The number of hydrogen-bond acceptors (Lipinski definition) is 4. The Morgan fingerprint density at radius 2 is 1.80 bits per heavy atom. The van der Waals surface area contributed by atoms with Crippen molar-refractivity contribution in [1.29, 1.82) is 0 Å². The van der Waals surface area contributed by atoms with E-state index in [1.54, 1.807) is 24.7 Å². The molecule has 1 aliphatic carbocycles. The molecule has 0 bridgehead atoms. The minimum absolute atomic E-state index is 0.663. The van der Waals surface area contributed by atoms with Crippen LogP contribution in [0.4, 0.5) is 0 Å². The van der Waals surface area contributed by atoms with E-state index in [9.17, 15) is 5.11 Å². The largest absolute Gasteiger partial charge is 0.384 e. The Hall–Kier alpha value is -1.81. The van der Waals surface area contributed by atoms with E-state index in [-0.39, 0.29) is 0 Å². The van der Waals surface area contributed by atoms with Crippen molar-refractivity contribution in [2.45, 2.75) is 38.2 Å². The van der Waals surface area contributed by atoms with Gasteiger partial charge in [0.25, 0.3) is 0 Å². The number of aromatic nitrogens is 3. The first kappa shape index (κ1) is 13.2. The van der Waals surface area contributed by atoms with Gasteiger partial charge in [-0.15, -0.1) is 0 Å². The monoisotopic (exact) mass is 269 g/mol. The number of aliphatic hydroxyl groups is 1. The van der Waals surface area contributed by atoms with Crippen LogP contribution in [-0.2, 0) is 5.60 Å². The van der Waals surface area contributed by atoms with Gasteiger partial charge in [0, 0.05) is 24.2 Å². The topological polar surface area (TPSA) is 58.9 Å². The Morgan fingerprint density at radius 1 is 1.10 bits per heavy atom. The van der Waals surface area contributed by atoms with Crippen LogP contribution in [0, 0.1) is 5.92 Å². The van der Waals surface area contributed by atoms with Gasteiger partial charge in [0.15, 0.2) is 5.82 Å². The maximum absolute atomic E-state index is 10.7. The van der Waals surface area contributed by atoms with Gasteiger partial charge in [0.2, 0.25) is 0 Å².